The maximum Gasteiger partial charge on any atom is 0.243 e. The van der Waals surface area contributed by atoms with Crippen molar-refractivity contribution in [3.63, 3.8) is 0 Å². The molecule has 1 amide bonds. The molecule has 2 aromatic heterocycles. The zero-order valence-corrected chi connectivity index (χ0v) is 18.8. The molecular formula is C23H31N7O2. The summed E-state index contributed by atoms with van der Waals surface area (Å²) in [4.78, 5) is 36.1. The summed E-state index contributed by atoms with van der Waals surface area (Å²) < 4.78 is 0. The Morgan fingerprint density at radius 1 is 1.06 bits per heavy atom. The molecule has 1 aliphatic carbocycles. The summed E-state index contributed by atoms with van der Waals surface area (Å²) >= 11 is 0. The van der Waals surface area contributed by atoms with Gasteiger partial charge in [-0.2, -0.15) is 0 Å². The Kier molecular flexibility index (Phi) is 5.44. The van der Waals surface area contributed by atoms with Crippen LogP contribution in [0.25, 0.3) is 0 Å². The molecule has 2 N–H and O–H groups in total. The highest BCUT2D eigenvalue weighted by molar-refractivity contribution is 6.13. The molecule has 5 rings (SSSR count). The molecule has 2 fully saturated rings. The third-order valence-electron chi connectivity index (χ3n) is 6.78. The zero-order valence-electron chi connectivity index (χ0n) is 18.8. The Bertz CT molecular complexity index is 996. The molecule has 1 saturated heterocycles. The second-order valence-corrected chi connectivity index (χ2v) is 9.36. The monoisotopic (exact) mass is 437 g/mol. The van der Waals surface area contributed by atoms with Crippen molar-refractivity contribution in [2.45, 2.75) is 76.9 Å². The highest BCUT2D eigenvalue weighted by Crippen LogP contribution is 2.54. The van der Waals surface area contributed by atoms with Crippen molar-refractivity contribution in [3.05, 3.63) is 23.8 Å². The van der Waals surface area contributed by atoms with E-state index < -0.39 is 5.41 Å². The first-order valence-electron chi connectivity index (χ1n) is 11.7. The quantitative estimate of drug-likeness (QED) is 0.735. The summed E-state index contributed by atoms with van der Waals surface area (Å²) in [7, 11) is 0. The fourth-order valence-electron chi connectivity index (χ4n) is 5.33. The van der Waals surface area contributed by atoms with E-state index in [0.29, 0.717) is 29.1 Å². The molecule has 0 atom stereocenters. The number of nitrogens with zero attached hydrogens (tertiary/aromatic N) is 6. The van der Waals surface area contributed by atoms with Gasteiger partial charge in [-0.1, -0.05) is 12.8 Å². The molecule has 9 nitrogen and oxygen atoms in total. The molecular weight excluding hydrogens is 406 g/mol. The third-order valence-corrected chi connectivity index (χ3v) is 6.78. The molecule has 0 unspecified atom stereocenters. The zero-order chi connectivity index (χ0) is 22.3. The highest BCUT2D eigenvalue weighted by atomic mass is 16.3. The number of hydrogen-bond donors (Lipinski definition) is 2. The number of piperidine rings is 1. The summed E-state index contributed by atoms with van der Waals surface area (Å²) in [6.45, 7) is 5.71. The first-order chi connectivity index (χ1) is 15.5. The normalized spacial score (nSPS) is 19.8. The van der Waals surface area contributed by atoms with E-state index in [9.17, 15) is 9.90 Å². The Morgan fingerprint density at radius 3 is 2.38 bits per heavy atom. The topological polar surface area (TPSA) is 107 Å². The van der Waals surface area contributed by atoms with Crippen LogP contribution in [0.3, 0.4) is 0 Å². The number of aromatic nitrogens is 4. The van der Waals surface area contributed by atoms with Gasteiger partial charge in [-0.25, -0.2) is 19.9 Å². The van der Waals surface area contributed by atoms with Crippen LogP contribution in [0.2, 0.25) is 0 Å². The van der Waals surface area contributed by atoms with Gasteiger partial charge in [0, 0.05) is 19.1 Å². The molecule has 170 valence electrons. The van der Waals surface area contributed by atoms with Gasteiger partial charge in [-0.05, 0) is 46.0 Å². The number of nitrogens with one attached hydrogen (secondary N) is 1. The molecule has 0 aromatic carbocycles. The molecule has 0 bridgehead atoms. The largest absolute Gasteiger partial charge is 0.388 e. The van der Waals surface area contributed by atoms with Crippen LogP contribution >= 0.6 is 0 Å². The smallest absolute Gasteiger partial charge is 0.243 e. The molecule has 2 aliphatic heterocycles. The van der Waals surface area contributed by atoms with Crippen LogP contribution in [0.4, 0.5) is 23.3 Å². The van der Waals surface area contributed by atoms with Gasteiger partial charge in [0.1, 0.15) is 18.2 Å². The minimum absolute atomic E-state index is 0.00974. The van der Waals surface area contributed by atoms with Crippen molar-refractivity contribution in [1.29, 1.82) is 0 Å². The number of carbonyl (C=O) groups is 1. The van der Waals surface area contributed by atoms with E-state index >= 15 is 0 Å². The number of carbonyl (C=O) groups excluding carboxylic acids is 1. The summed E-state index contributed by atoms with van der Waals surface area (Å²) in [5.41, 5.74) is 0.830. The van der Waals surface area contributed by atoms with Crippen LogP contribution in [0.1, 0.15) is 70.2 Å². The minimum Gasteiger partial charge on any atom is -0.388 e. The molecule has 0 radical (unpaired) electrons. The van der Waals surface area contributed by atoms with Crippen LogP contribution in [0.15, 0.2) is 12.4 Å². The molecule has 2 aromatic rings. The molecule has 9 heteroatoms. The molecule has 4 heterocycles. The molecule has 1 spiro atoms. The lowest BCUT2D eigenvalue weighted by molar-refractivity contribution is -0.122. The van der Waals surface area contributed by atoms with E-state index in [2.05, 4.69) is 30.2 Å². The number of rotatable bonds is 5. The van der Waals surface area contributed by atoms with Gasteiger partial charge < -0.3 is 15.3 Å². The van der Waals surface area contributed by atoms with E-state index in [1.807, 2.05) is 13.8 Å². The number of fused-ring (bicyclic) bond motifs is 2. The maximum atomic E-state index is 13.9. The Hall–Kier alpha value is -2.81. The molecule has 1 saturated carbocycles. The van der Waals surface area contributed by atoms with Crippen LogP contribution in [-0.4, -0.2) is 50.1 Å². The summed E-state index contributed by atoms with van der Waals surface area (Å²) in [5.74, 6) is 2.21. The maximum absolute atomic E-state index is 13.9. The van der Waals surface area contributed by atoms with E-state index in [0.717, 1.165) is 57.2 Å². The lowest BCUT2D eigenvalue weighted by Crippen LogP contribution is -2.36. The van der Waals surface area contributed by atoms with Gasteiger partial charge in [-0.15, -0.1) is 0 Å². The summed E-state index contributed by atoms with van der Waals surface area (Å²) in [6.07, 6.45) is 10.5. The number of amides is 1. The number of aliphatic hydroxyl groups excluding tert-OH is 1. The van der Waals surface area contributed by atoms with Crippen molar-refractivity contribution in [3.8, 4) is 0 Å². The molecule has 32 heavy (non-hydrogen) atoms. The van der Waals surface area contributed by atoms with Gasteiger partial charge in [0.25, 0.3) is 0 Å². The lowest BCUT2D eigenvalue weighted by Gasteiger charge is -2.27. The van der Waals surface area contributed by atoms with Gasteiger partial charge in [-0.3, -0.25) is 9.69 Å². The average Bonchev–Trinajstić information content (AvgIpc) is 3.38. The van der Waals surface area contributed by atoms with E-state index in [1.54, 1.807) is 17.3 Å². The number of anilines is 4. The lowest BCUT2D eigenvalue weighted by atomic mass is 9.80. The van der Waals surface area contributed by atoms with Gasteiger partial charge in [0.15, 0.2) is 5.82 Å². The van der Waals surface area contributed by atoms with Gasteiger partial charge in [0.2, 0.25) is 11.9 Å². The predicted molar refractivity (Wildman–Crippen MR) is 122 cm³/mol. The second kappa shape index (κ2) is 8.27. The first-order valence-corrected chi connectivity index (χ1v) is 11.7. The van der Waals surface area contributed by atoms with Crippen LogP contribution < -0.4 is 15.1 Å². The van der Waals surface area contributed by atoms with E-state index in [4.69, 9.17) is 0 Å². The van der Waals surface area contributed by atoms with Crippen LogP contribution in [0.5, 0.6) is 0 Å². The van der Waals surface area contributed by atoms with Gasteiger partial charge >= 0.3 is 0 Å². The number of hydrogen-bond acceptors (Lipinski definition) is 8. The predicted octanol–water partition coefficient (Wildman–Crippen LogP) is 3.06. The van der Waals surface area contributed by atoms with Crippen molar-refractivity contribution in [2.24, 2.45) is 0 Å². The fraction of sp³-hybridized carbons (Fsp3) is 0.609. The number of aliphatic hydroxyl groups is 1. The van der Waals surface area contributed by atoms with Crippen LogP contribution in [0, 0.1) is 0 Å². The van der Waals surface area contributed by atoms with Crippen molar-refractivity contribution >= 4 is 29.2 Å². The third kappa shape index (κ3) is 3.39. The summed E-state index contributed by atoms with van der Waals surface area (Å²) in [5, 5.41) is 13.2. The Labute approximate surface area is 188 Å². The molecule has 3 aliphatic rings. The Balaban J connectivity index is 1.59. The van der Waals surface area contributed by atoms with Crippen LogP contribution in [-0.2, 0) is 16.8 Å². The highest BCUT2D eigenvalue weighted by Gasteiger charge is 2.55. The average molecular weight is 438 g/mol. The summed E-state index contributed by atoms with van der Waals surface area (Å²) in [6, 6.07) is 0.135. The van der Waals surface area contributed by atoms with E-state index in [-0.39, 0.29) is 18.6 Å². The SMILES string of the molecule is CC(C)Nc1nc(CO)nc2c1C1(CCCC1)C(=O)N2c1cnc(N2CCCCC2)nc1. The first kappa shape index (κ1) is 21.1. The standard InChI is InChI=1S/C23H31N7O2/c1-15(2)26-19-18-20(28-17(14-31)27-19)30(21(32)23(18)8-4-5-9-23)16-12-24-22(25-13-16)29-10-6-3-7-11-29/h12-13,15,31H,3-11,14H2,1-2H3,(H,26,27,28). The van der Waals surface area contributed by atoms with Crippen molar-refractivity contribution < 1.29 is 9.90 Å². The minimum atomic E-state index is -0.633. The van der Waals surface area contributed by atoms with Gasteiger partial charge in [0.05, 0.1) is 29.1 Å². The Morgan fingerprint density at radius 2 is 1.75 bits per heavy atom. The fourth-order valence-corrected chi connectivity index (χ4v) is 5.33. The van der Waals surface area contributed by atoms with Crippen molar-refractivity contribution in [2.75, 3.05) is 28.2 Å². The second-order valence-electron chi connectivity index (χ2n) is 9.36. The van der Waals surface area contributed by atoms with E-state index in [1.165, 1.54) is 6.42 Å². The van der Waals surface area contributed by atoms with Crippen molar-refractivity contribution in [1.82, 2.24) is 19.9 Å².